The van der Waals surface area contributed by atoms with Crippen LogP contribution in [0.25, 0.3) is 0 Å². The van der Waals surface area contributed by atoms with Crippen LogP contribution in [0.5, 0.6) is 5.75 Å². The third kappa shape index (κ3) is 6.39. The predicted molar refractivity (Wildman–Crippen MR) is 141 cm³/mol. The lowest BCUT2D eigenvalue weighted by Gasteiger charge is -2.32. The molecule has 1 N–H and O–H groups in total. The van der Waals surface area contributed by atoms with Crippen LogP contribution in [-0.2, 0) is 29.1 Å². The molecule has 0 unspecified atom stereocenters. The van der Waals surface area contributed by atoms with E-state index in [1.165, 1.54) is 0 Å². The van der Waals surface area contributed by atoms with Crippen LogP contribution in [0.2, 0.25) is 0 Å². The van der Waals surface area contributed by atoms with E-state index in [1.54, 1.807) is 12.0 Å². The quantitative estimate of drug-likeness (QED) is 0.335. The molecule has 0 fully saturated rings. The minimum Gasteiger partial charge on any atom is -0.496 e. The lowest BCUT2D eigenvalue weighted by molar-refractivity contribution is -0.141. The van der Waals surface area contributed by atoms with Crippen molar-refractivity contribution in [3.05, 3.63) is 138 Å². The fraction of sp³-hybridized carbons (Fsp3) is 0.161. The van der Waals surface area contributed by atoms with Crippen molar-refractivity contribution in [1.29, 1.82) is 0 Å². The lowest BCUT2D eigenvalue weighted by Crippen LogP contribution is -2.43. The summed E-state index contributed by atoms with van der Waals surface area (Å²) in [5.74, 6) is 0.339. The molecule has 0 saturated carbocycles. The Bertz CT molecular complexity index is 1260. The molecule has 36 heavy (non-hydrogen) atoms. The van der Waals surface area contributed by atoms with Crippen LogP contribution < -0.4 is 10.1 Å². The van der Waals surface area contributed by atoms with Gasteiger partial charge in [0, 0.05) is 18.7 Å². The second-order valence-corrected chi connectivity index (χ2v) is 8.51. The third-order valence-electron chi connectivity index (χ3n) is 6.04. The predicted octanol–water partition coefficient (Wildman–Crippen LogP) is 5.32. The van der Waals surface area contributed by atoms with E-state index in [2.05, 4.69) is 5.32 Å². The van der Waals surface area contributed by atoms with Crippen LogP contribution in [0.3, 0.4) is 0 Å². The van der Waals surface area contributed by atoms with Gasteiger partial charge in [0.2, 0.25) is 11.8 Å². The van der Waals surface area contributed by atoms with Crippen LogP contribution in [0.4, 0.5) is 0 Å². The zero-order valence-corrected chi connectivity index (χ0v) is 20.3. The zero-order chi connectivity index (χ0) is 25.2. The van der Waals surface area contributed by atoms with Gasteiger partial charge < -0.3 is 15.0 Å². The number of para-hydroxylation sites is 1. The van der Waals surface area contributed by atoms with Gasteiger partial charge in [-0.2, -0.15) is 0 Å². The molecule has 182 valence electrons. The summed E-state index contributed by atoms with van der Waals surface area (Å²) in [7, 11) is 1.61. The topological polar surface area (TPSA) is 58.6 Å². The SMILES string of the molecule is COc1ccccc1CNC(=O)[C@H](c1ccccc1)N(Cc1ccccc1)C(=O)Cc1ccccc1. The molecule has 4 aromatic rings. The van der Waals surface area contributed by atoms with Crippen molar-refractivity contribution in [1.82, 2.24) is 10.2 Å². The molecule has 0 aliphatic heterocycles. The van der Waals surface area contributed by atoms with Gasteiger partial charge in [-0.05, 0) is 22.8 Å². The maximum Gasteiger partial charge on any atom is 0.247 e. The molecule has 0 aliphatic carbocycles. The average molecular weight is 479 g/mol. The number of rotatable bonds is 10. The first-order valence-corrected chi connectivity index (χ1v) is 12.0. The van der Waals surface area contributed by atoms with Gasteiger partial charge in [-0.15, -0.1) is 0 Å². The number of methoxy groups -OCH3 is 1. The molecule has 0 bridgehead atoms. The molecule has 4 rings (SSSR count). The standard InChI is InChI=1S/C31H30N2O3/c1-36-28-20-12-11-19-27(28)22-32-31(35)30(26-17-9-4-10-18-26)33(23-25-15-7-3-8-16-25)29(34)21-24-13-5-2-6-14-24/h2-20,30H,21-23H2,1H3,(H,32,35)/t30-/m0/s1. The van der Waals surface area contributed by atoms with E-state index in [0.29, 0.717) is 12.3 Å². The van der Waals surface area contributed by atoms with Gasteiger partial charge in [-0.3, -0.25) is 9.59 Å². The second kappa shape index (κ2) is 12.4. The number of benzene rings is 4. The number of nitrogens with one attached hydrogen (secondary N) is 1. The van der Waals surface area contributed by atoms with Crippen molar-refractivity contribution < 1.29 is 14.3 Å². The maximum atomic E-state index is 13.8. The number of carbonyl (C=O) groups excluding carboxylic acids is 2. The van der Waals surface area contributed by atoms with Gasteiger partial charge in [0.15, 0.2) is 0 Å². The van der Waals surface area contributed by atoms with Gasteiger partial charge in [0.1, 0.15) is 11.8 Å². The zero-order valence-electron chi connectivity index (χ0n) is 20.3. The van der Waals surface area contributed by atoms with Crippen molar-refractivity contribution in [2.24, 2.45) is 0 Å². The highest BCUT2D eigenvalue weighted by molar-refractivity contribution is 5.89. The molecular formula is C31H30N2O3. The summed E-state index contributed by atoms with van der Waals surface area (Å²) in [5, 5.41) is 3.04. The monoisotopic (exact) mass is 478 g/mol. The van der Waals surface area contributed by atoms with Crippen molar-refractivity contribution in [3.8, 4) is 5.75 Å². The summed E-state index contributed by atoms with van der Waals surface area (Å²) >= 11 is 0. The Morgan fingerprint density at radius 3 is 1.94 bits per heavy atom. The Hall–Kier alpha value is -4.38. The molecule has 0 aromatic heterocycles. The Morgan fingerprint density at radius 2 is 1.31 bits per heavy atom. The summed E-state index contributed by atoms with van der Waals surface area (Å²) in [6.45, 7) is 0.604. The molecule has 2 amide bonds. The molecule has 4 aromatic carbocycles. The van der Waals surface area contributed by atoms with Gasteiger partial charge in [-0.25, -0.2) is 0 Å². The fourth-order valence-electron chi connectivity index (χ4n) is 4.21. The third-order valence-corrected chi connectivity index (χ3v) is 6.04. The van der Waals surface area contributed by atoms with E-state index >= 15 is 0 Å². The second-order valence-electron chi connectivity index (χ2n) is 8.51. The van der Waals surface area contributed by atoms with Gasteiger partial charge in [-0.1, -0.05) is 109 Å². The van der Waals surface area contributed by atoms with Crippen molar-refractivity contribution in [3.63, 3.8) is 0 Å². The Morgan fingerprint density at radius 1 is 0.750 bits per heavy atom. The summed E-state index contributed by atoms with van der Waals surface area (Å²) < 4.78 is 5.44. The van der Waals surface area contributed by atoms with E-state index in [9.17, 15) is 9.59 Å². The minimum absolute atomic E-state index is 0.119. The molecule has 1 atom stereocenters. The highest BCUT2D eigenvalue weighted by Crippen LogP contribution is 2.26. The molecule has 0 radical (unpaired) electrons. The molecule has 0 heterocycles. The molecule has 0 aliphatic rings. The van der Waals surface area contributed by atoms with Gasteiger partial charge in [0.25, 0.3) is 0 Å². The molecule has 5 nitrogen and oxygen atoms in total. The van der Waals surface area contributed by atoms with Crippen molar-refractivity contribution in [2.75, 3.05) is 7.11 Å². The first-order chi connectivity index (χ1) is 17.7. The summed E-state index contributed by atoms with van der Waals surface area (Å²) in [5.41, 5.74) is 3.48. The largest absolute Gasteiger partial charge is 0.496 e. The maximum absolute atomic E-state index is 13.8. The normalized spacial score (nSPS) is 11.4. The average Bonchev–Trinajstić information content (AvgIpc) is 2.93. The van der Waals surface area contributed by atoms with Crippen LogP contribution >= 0.6 is 0 Å². The van der Waals surface area contributed by atoms with E-state index < -0.39 is 6.04 Å². The Labute approximate surface area is 212 Å². The number of nitrogens with zero attached hydrogens (tertiary/aromatic N) is 1. The number of ether oxygens (including phenoxy) is 1. The van der Waals surface area contributed by atoms with E-state index in [1.807, 2.05) is 115 Å². The first kappa shape index (κ1) is 24.7. The lowest BCUT2D eigenvalue weighted by atomic mass is 10.0. The van der Waals surface area contributed by atoms with Gasteiger partial charge in [0.05, 0.1) is 13.5 Å². The molecule has 0 spiro atoms. The highest BCUT2D eigenvalue weighted by atomic mass is 16.5. The molecule has 5 heteroatoms. The van der Waals surface area contributed by atoms with Gasteiger partial charge >= 0.3 is 0 Å². The van der Waals surface area contributed by atoms with Crippen LogP contribution in [-0.4, -0.2) is 23.8 Å². The number of carbonyl (C=O) groups is 2. The molecule has 0 saturated heterocycles. The number of hydrogen-bond donors (Lipinski definition) is 1. The summed E-state index contributed by atoms with van der Waals surface area (Å²) in [6, 6.07) is 35.6. The number of hydrogen-bond acceptors (Lipinski definition) is 3. The fourth-order valence-corrected chi connectivity index (χ4v) is 4.21. The van der Waals surface area contributed by atoms with E-state index in [0.717, 1.165) is 22.3 Å². The smallest absolute Gasteiger partial charge is 0.247 e. The Kier molecular flexibility index (Phi) is 8.49. The van der Waals surface area contributed by atoms with Crippen LogP contribution in [0.15, 0.2) is 115 Å². The molecular weight excluding hydrogens is 448 g/mol. The highest BCUT2D eigenvalue weighted by Gasteiger charge is 2.31. The van der Waals surface area contributed by atoms with Crippen LogP contribution in [0, 0.1) is 0 Å². The van der Waals surface area contributed by atoms with Crippen molar-refractivity contribution in [2.45, 2.75) is 25.6 Å². The summed E-state index contributed by atoms with van der Waals surface area (Å²) in [6.07, 6.45) is 0.205. The summed E-state index contributed by atoms with van der Waals surface area (Å²) in [4.78, 5) is 29.2. The minimum atomic E-state index is -0.794. The van der Waals surface area contributed by atoms with E-state index in [4.69, 9.17) is 4.74 Å². The van der Waals surface area contributed by atoms with Crippen molar-refractivity contribution >= 4 is 11.8 Å². The Balaban J connectivity index is 1.66. The first-order valence-electron chi connectivity index (χ1n) is 12.0. The number of amides is 2. The van der Waals surface area contributed by atoms with E-state index in [-0.39, 0.29) is 24.8 Å². The van der Waals surface area contributed by atoms with Crippen LogP contribution in [0.1, 0.15) is 28.3 Å².